The van der Waals surface area contributed by atoms with Gasteiger partial charge in [-0.05, 0) is 149 Å². The van der Waals surface area contributed by atoms with Crippen LogP contribution in [0.15, 0.2) is 182 Å². The van der Waals surface area contributed by atoms with Gasteiger partial charge in [0.2, 0.25) is 0 Å². The fourth-order valence-corrected chi connectivity index (χ4v) is 8.81. The first kappa shape index (κ1) is 45.1. The molecule has 0 unspecified atom stereocenters. The third kappa shape index (κ3) is 8.80. The third-order valence-electron chi connectivity index (χ3n) is 12.3. The summed E-state index contributed by atoms with van der Waals surface area (Å²) >= 11 is 0. The fourth-order valence-electron chi connectivity index (χ4n) is 8.81. The molecule has 0 heterocycles. The van der Waals surface area contributed by atoms with Crippen molar-refractivity contribution in [2.24, 2.45) is 0 Å². The molecule has 0 N–H and O–H groups in total. The van der Waals surface area contributed by atoms with Gasteiger partial charge in [0.1, 0.15) is 35.8 Å². The zero-order valence-corrected chi connectivity index (χ0v) is 37.9. The van der Waals surface area contributed by atoms with Crippen LogP contribution in [0.5, 0.6) is 11.5 Å². The van der Waals surface area contributed by atoms with Crippen LogP contribution in [0.2, 0.25) is 0 Å². The number of benzene rings is 11. The number of carbonyl (C=O) groups excluding carboxylic acids is 2. The third-order valence-corrected chi connectivity index (χ3v) is 12.3. The topological polar surface area (TPSA) is 148 Å². The van der Waals surface area contributed by atoms with Crippen LogP contribution in [0.4, 0.5) is 0 Å². The molecule has 0 amide bonds. The Bertz CT molecular complexity index is 3710. The number of ketones is 2. The molecule has 330 valence electrons. The molecular formula is C62H38N4O4. The summed E-state index contributed by atoms with van der Waals surface area (Å²) < 4.78 is 10.3. The maximum atomic E-state index is 12.6. The van der Waals surface area contributed by atoms with Gasteiger partial charge in [0.05, 0.1) is 36.5 Å². The summed E-state index contributed by atoms with van der Waals surface area (Å²) in [4.78, 5) is 25.1. The Balaban J connectivity index is 0.000000138. The molecule has 11 aromatic carbocycles. The van der Waals surface area contributed by atoms with Gasteiger partial charge in [-0.3, -0.25) is 9.59 Å². The summed E-state index contributed by atoms with van der Waals surface area (Å²) in [6.45, 7) is 0. The second-order valence-corrected chi connectivity index (χ2v) is 16.3. The largest absolute Gasteiger partial charge is 0.497 e. The van der Waals surface area contributed by atoms with E-state index in [4.69, 9.17) is 30.5 Å². The number of nitrogens with zero attached hydrogens (tertiary/aromatic N) is 4. The first-order valence-corrected chi connectivity index (χ1v) is 22.1. The van der Waals surface area contributed by atoms with Crippen molar-refractivity contribution in [3.8, 4) is 35.8 Å². The number of nitriles is 4. The van der Waals surface area contributed by atoms with Crippen molar-refractivity contribution in [3.05, 3.63) is 227 Å². The zero-order chi connectivity index (χ0) is 48.7. The Morgan fingerprint density at radius 3 is 1.00 bits per heavy atom. The van der Waals surface area contributed by atoms with Crippen molar-refractivity contribution in [2.75, 3.05) is 14.2 Å². The molecule has 70 heavy (non-hydrogen) atoms. The predicted molar refractivity (Wildman–Crippen MR) is 278 cm³/mol. The number of hydrogen-bond acceptors (Lipinski definition) is 8. The average molecular weight is 903 g/mol. The molecule has 0 spiro atoms. The van der Waals surface area contributed by atoms with Crippen LogP contribution < -0.4 is 9.47 Å². The molecule has 11 aromatic rings. The van der Waals surface area contributed by atoms with Gasteiger partial charge in [-0.2, -0.15) is 21.0 Å². The van der Waals surface area contributed by atoms with E-state index in [-0.39, 0.29) is 33.8 Å². The van der Waals surface area contributed by atoms with Crippen LogP contribution in [0.1, 0.15) is 54.1 Å². The highest BCUT2D eigenvalue weighted by molar-refractivity contribution is 6.26. The minimum atomic E-state index is -0.0200. The summed E-state index contributed by atoms with van der Waals surface area (Å²) in [6, 6.07) is 62.5. The van der Waals surface area contributed by atoms with Gasteiger partial charge in [-0.1, -0.05) is 121 Å². The van der Waals surface area contributed by atoms with Crippen molar-refractivity contribution in [3.63, 3.8) is 0 Å². The first-order valence-electron chi connectivity index (χ1n) is 22.1. The summed E-state index contributed by atoms with van der Waals surface area (Å²) in [5.74, 6) is 1.45. The van der Waals surface area contributed by atoms with Gasteiger partial charge in [0.25, 0.3) is 0 Å². The Hall–Kier alpha value is -10.1. The molecule has 0 aliphatic heterocycles. The van der Waals surface area contributed by atoms with Crippen LogP contribution in [0, 0.1) is 45.3 Å². The summed E-state index contributed by atoms with van der Waals surface area (Å²) in [6.07, 6.45) is 7.12. The van der Waals surface area contributed by atoms with Crippen LogP contribution in [0.3, 0.4) is 0 Å². The molecule has 11 rings (SSSR count). The van der Waals surface area contributed by atoms with Gasteiger partial charge < -0.3 is 9.47 Å². The van der Waals surface area contributed by atoms with Gasteiger partial charge in [-0.25, -0.2) is 0 Å². The minimum absolute atomic E-state index is 0.0200. The zero-order valence-electron chi connectivity index (χ0n) is 37.9. The van der Waals surface area contributed by atoms with Crippen LogP contribution in [-0.4, -0.2) is 25.8 Å². The van der Waals surface area contributed by atoms with Crippen LogP contribution in [-0.2, 0) is 0 Å². The average Bonchev–Trinajstić information content (AvgIpc) is 3.42. The quantitative estimate of drug-likeness (QED) is 0.0831. The highest BCUT2D eigenvalue weighted by atomic mass is 16.5. The van der Waals surface area contributed by atoms with Crippen molar-refractivity contribution < 1.29 is 19.1 Å². The monoisotopic (exact) mass is 902 g/mol. The Kier molecular flexibility index (Phi) is 12.7. The normalized spacial score (nSPS) is 10.9. The molecule has 0 aliphatic rings. The Labute approximate surface area is 403 Å². The molecule has 0 saturated carbocycles. The number of rotatable bonds is 8. The lowest BCUT2D eigenvalue weighted by Gasteiger charge is -2.12. The number of ether oxygens (including phenoxy) is 2. The second kappa shape index (κ2) is 19.8. The maximum absolute atomic E-state index is 12.6. The van der Waals surface area contributed by atoms with E-state index >= 15 is 0 Å². The van der Waals surface area contributed by atoms with Crippen molar-refractivity contribution in [1.29, 1.82) is 21.0 Å². The number of hydrogen-bond donors (Lipinski definition) is 0. The standard InChI is InChI=1S/2C26H18O2.C10H2N4/c2*1-28-22-13-9-18(10-14-22)24(27)16-12-17-5-6-21-8-7-19-3-2-4-20-11-15-23(17)26(21)25(19)20;11-3-7-1-8(4-12)10(6-14)2-9(7)5-13/h2*2-16H,1H3;1-2H/b2*16-12+;. The fraction of sp³-hybridized carbons (Fsp3) is 0.0323. The lowest BCUT2D eigenvalue weighted by molar-refractivity contribution is 0.103. The summed E-state index contributed by atoms with van der Waals surface area (Å²) in [5, 5.41) is 49.4. The van der Waals surface area contributed by atoms with E-state index in [0.717, 1.165) is 22.6 Å². The maximum Gasteiger partial charge on any atom is 0.185 e. The van der Waals surface area contributed by atoms with Crippen LogP contribution in [0.25, 0.3) is 76.8 Å². The van der Waals surface area contributed by atoms with Gasteiger partial charge in [0.15, 0.2) is 11.6 Å². The van der Waals surface area contributed by atoms with E-state index < -0.39 is 0 Å². The lowest BCUT2D eigenvalue weighted by atomic mass is 9.92. The Morgan fingerprint density at radius 1 is 0.386 bits per heavy atom. The van der Waals surface area contributed by atoms with E-state index in [0.29, 0.717) is 11.1 Å². The number of carbonyl (C=O) groups is 2. The van der Waals surface area contributed by atoms with E-state index in [1.807, 2.05) is 12.2 Å². The van der Waals surface area contributed by atoms with Crippen molar-refractivity contribution >= 4 is 88.4 Å². The SMILES string of the molecule is COc1ccc(C(=O)/C=C/c2ccc3ccc4cccc5ccc2c3c45)cc1.COc1ccc(C(=O)/C=C/c2ccc3ccc4cccc5ccc2c3c45)cc1.N#Cc1cc(C#N)c(C#N)cc1C#N. The highest BCUT2D eigenvalue weighted by Crippen LogP contribution is 2.38. The summed E-state index contributed by atoms with van der Waals surface area (Å²) in [5.41, 5.74) is 3.85. The molecule has 0 bridgehead atoms. The lowest BCUT2D eigenvalue weighted by Crippen LogP contribution is -1.94. The van der Waals surface area contributed by atoms with Crippen molar-refractivity contribution in [1.82, 2.24) is 0 Å². The molecule has 8 nitrogen and oxygen atoms in total. The van der Waals surface area contributed by atoms with E-state index in [2.05, 4.69) is 109 Å². The molecule has 0 aliphatic carbocycles. The molecule has 0 saturated heterocycles. The number of methoxy groups -OCH3 is 2. The van der Waals surface area contributed by atoms with E-state index in [9.17, 15) is 9.59 Å². The molecule has 0 fully saturated rings. The predicted octanol–water partition coefficient (Wildman–Crippen LogP) is 14.2. The summed E-state index contributed by atoms with van der Waals surface area (Å²) in [7, 11) is 3.23. The smallest absolute Gasteiger partial charge is 0.185 e. The second-order valence-electron chi connectivity index (χ2n) is 16.3. The molecular weight excluding hydrogens is 865 g/mol. The van der Waals surface area contributed by atoms with E-state index in [1.165, 1.54) is 76.8 Å². The number of allylic oxidation sites excluding steroid dienone is 2. The Morgan fingerprint density at radius 2 is 0.686 bits per heavy atom. The van der Waals surface area contributed by atoms with Gasteiger partial charge in [0, 0.05) is 11.1 Å². The molecule has 0 radical (unpaired) electrons. The van der Waals surface area contributed by atoms with E-state index in [1.54, 1.807) is 99.2 Å². The minimum Gasteiger partial charge on any atom is -0.497 e. The van der Waals surface area contributed by atoms with Crippen molar-refractivity contribution in [2.45, 2.75) is 0 Å². The van der Waals surface area contributed by atoms with Gasteiger partial charge >= 0.3 is 0 Å². The van der Waals surface area contributed by atoms with Crippen LogP contribution >= 0.6 is 0 Å². The molecule has 0 atom stereocenters. The molecule has 0 aromatic heterocycles. The highest BCUT2D eigenvalue weighted by Gasteiger charge is 2.13. The molecule has 8 heteroatoms. The first-order chi connectivity index (χ1) is 34.2. The van der Waals surface area contributed by atoms with Gasteiger partial charge in [-0.15, -0.1) is 0 Å².